The number of nitrogen functional groups attached to an aromatic ring is 1. The molecule has 3 rings (SSSR count). The predicted octanol–water partition coefficient (Wildman–Crippen LogP) is 3.45. The maximum Gasteiger partial charge on any atom is 0.257 e. The number of carbonyl (C=O) groups excluding carboxylic acids is 1. The number of amides is 1. The number of aryl methyl sites for hydroxylation is 1. The summed E-state index contributed by atoms with van der Waals surface area (Å²) < 4.78 is 11.4. The van der Waals surface area contributed by atoms with Crippen LogP contribution in [0.3, 0.4) is 0 Å². The molecule has 0 fully saturated rings. The van der Waals surface area contributed by atoms with Crippen LogP contribution in [0.25, 0.3) is 0 Å². The molecule has 7 heteroatoms. The number of anilines is 1. The summed E-state index contributed by atoms with van der Waals surface area (Å²) in [4.78, 5) is 12.0. The van der Waals surface area contributed by atoms with E-state index in [9.17, 15) is 9.90 Å². The largest absolute Gasteiger partial charge is 0.491 e. The molecule has 32 heavy (non-hydrogen) atoms. The zero-order chi connectivity index (χ0) is 22.8. The van der Waals surface area contributed by atoms with Gasteiger partial charge in [0.2, 0.25) is 0 Å². The molecule has 0 heterocycles. The molecule has 0 spiro atoms. The van der Waals surface area contributed by atoms with Gasteiger partial charge >= 0.3 is 0 Å². The highest BCUT2D eigenvalue weighted by Gasteiger charge is 2.23. The molecule has 2 atom stereocenters. The van der Waals surface area contributed by atoms with Crippen LogP contribution in [0.1, 0.15) is 30.4 Å². The molecule has 0 aromatic heterocycles. The first-order chi connectivity index (χ1) is 15.6. The van der Waals surface area contributed by atoms with Crippen LogP contribution < -0.4 is 20.5 Å². The van der Waals surface area contributed by atoms with Crippen molar-refractivity contribution in [3.63, 3.8) is 0 Å². The molecule has 2 aromatic rings. The van der Waals surface area contributed by atoms with E-state index in [1.165, 1.54) is 5.56 Å². The van der Waals surface area contributed by atoms with Crippen molar-refractivity contribution in [2.45, 2.75) is 38.2 Å². The number of para-hydroxylation sites is 1. The smallest absolute Gasteiger partial charge is 0.257 e. The first-order valence-electron chi connectivity index (χ1n) is 11.2. The van der Waals surface area contributed by atoms with E-state index >= 15 is 0 Å². The number of aliphatic hydroxyl groups is 1. The SMILES string of the molecule is CSCCNC(=O)COc1ccc2c(c1N)CC(C[C@H](O)COc1ccccc1)CCC2. The Morgan fingerprint density at radius 3 is 2.84 bits per heavy atom. The van der Waals surface area contributed by atoms with Crippen LogP contribution in [0, 0.1) is 5.92 Å². The molecule has 0 saturated carbocycles. The summed E-state index contributed by atoms with van der Waals surface area (Å²) in [7, 11) is 0. The van der Waals surface area contributed by atoms with E-state index in [-0.39, 0.29) is 19.1 Å². The highest BCUT2D eigenvalue weighted by atomic mass is 32.2. The molecule has 0 radical (unpaired) electrons. The fourth-order valence-corrected chi connectivity index (χ4v) is 4.42. The number of thioether (sulfide) groups is 1. The quantitative estimate of drug-likeness (QED) is 0.271. The van der Waals surface area contributed by atoms with Crippen molar-refractivity contribution in [3.05, 3.63) is 53.6 Å². The van der Waals surface area contributed by atoms with E-state index in [0.717, 1.165) is 42.7 Å². The lowest BCUT2D eigenvalue weighted by atomic mass is 9.91. The van der Waals surface area contributed by atoms with Crippen LogP contribution in [-0.2, 0) is 17.6 Å². The number of fused-ring (bicyclic) bond motifs is 1. The van der Waals surface area contributed by atoms with E-state index in [0.29, 0.717) is 30.3 Å². The van der Waals surface area contributed by atoms with E-state index in [4.69, 9.17) is 15.2 Å². The Balaban J connectivity index is 1.56. The van der Waals surface area contributed by atoms with Crippen molar-refractivity contribution < 1.29 is 19.4 Å². The number of nitrogens with one attached hydrogen (secondary N) is 1. The summed E-state index contributed by atoms with van der Waals surface area (Å²) in [6, 6.07) is 13.5. The summed E-state index contributed by atoms with van der Waals surface area (Å²) >= 11 is 1.68. The number of ether oxygens (including phenoxy) is 2. The molecular formula is C25H34N2O4S. The van der Waals surface area contributed by atoms with Crippen molar-refractivity contribution >= 4 is 23.4 Å². The van der Waals surface area contributed by atoms with Crippen molar-refractivity contribution in [1.29, 1.82) is 0 Å². The van der Waals surface area contributed by atoms with Gasteiger partial charge < -0.3 is 25.6 Å². The monoisotopic (exact) mass is 458 g/mol. The lowest BCUT2D eigenvalue weighted by Crippen LogP contribution is -2.30. The highest BCUT2D eigenvalue weighted by Crippen LogP contribution is 2.35. The summed E-state index contributed by atoms with van der Waals surface area (Å²) in [6.07, 6.45) is 5.97. The maximum atomic E-state index is 12.0. The minimum atomic E-state index is -0.535. The fraction of sp³-hybridized carbons (Fsp3) is 0.480. The fourth-order valence-electron chi connectivity index (χ4n) is 4.11. The first kappa shape index (κ1) is 24.3. The number of benzene rings is 2. The Kier molecular flexibility index (Phi) is 9.56. The first-order valence-corrected chi connectivity index (χ1v) is 12.6. The molecule has 1 aliphatic rings. The van der Waals surface area contributed by atoms with Crippen molar-refractivity contribution in [1.82, 2.24) is 5.32 Å². The van der Waals surface area contributed by atoms with E-state index in [1.54, 1.807) is 11.8 Å². The molecule has 6 nitrogen and oxygen atoms in total. The Morgan fingerprint density at radius 1 is 1.25 bits per heavy atom. The van der Waals surface area contributed by atoms with E-state index in [1.807, 2.05) is 42.7 Å². The minimum Gasteiger partial charge on any atom is -0.491 e. The summed E-state index contributed by atoms with van der Waals surface area (Å²) in [6.45, 7) is 0.856. The second-order valence-corrected chi connectivity index (χ2v) is 9.21. The second-order valence-electron chi connectivity index (χ2n) is 8.22. The van der Waals surface area contributed by atoms with Gasteiger partial charge in [-0.1, -0.05) is 24.3 Å². The Labute approximate surface area is 194 Å². The van der Waals surface area contributed by atoms with Gasteiger partial charge in [-0.3, -0.25) is 4.79 Å². The zero-order valence-corrected chi connectivity index (χ0v) is 19.5. The Morgan fingerprint density at radius 2 is 2.06 bits per heavy atom. The van der Waals surface area contributed by atoms with Crippen LogP contribution >= 0.6 is 11.8 Å². The lowest BCUT2D eigenvalue weighted by molar-refractivity contribution is -0.122. The molecule has 0 saturated heterocycles. The molecular weight excluding hydrogens is 424 g/mol. The summed E-state index contributed by atoms with van der Waals surface area (Å²) in [5, 5.41) is 13.4. The summed E-state index contributed by atoms with van der Waals surface area (Å²) in [5.74, 6) is 2.36. The van der Waals surface area contributed by atoms with Gasteiger partial charge in [-0.2, -0.15) is 11.8 Å². The molecule has 4 N–H and O–H groups in total. The minimum absolute atomic E-state index is 0.0453. The van der Waals surface area contributed by atoms with Gasteiger partial charge in [-0.05, 0) is 73.6 Å². The van der Waals surface area contributed by atoms with Crippen molar-refractivity contribution in [2.24, 2.45) is 5.92 Å². The predicted molar refractivity (Wildman–Crippen MR) is 130 cm³/mol. The van der Waals surface area contributed by atoms with Gasteiger partial charge in [0.05, 0.1) is 11.8 Å². The number of aliphatic hydroxyl groups excluding tert-OH is 1. The van der Waals surface area contributed by atoms with E-state index < -0.39 is 6.10 Å². The maximum absolute atomic E-state index is 12.0. The third-order valence-electron chi connectivity index (χ3n) is 5.74. The van der Waals surface area contributed by atoms with Crippen LogP contribution in [-0.4, -0.2) is 48.9 Å². The number of hydrogen-bond donors (Lipinski definition) is 3. The second kappa shape index (κ2) is 12.6. The van der Waals surface area contributed by atoms with Crippen molar-refractivity contribution in [3.8, 4) is 11.5 Å². The van der Waals surface area contributed by atoms with Gasteiger partial charge in [-0.25, -0.2) is 0 Å². The van der Waals surface area contributed by atoms with Crippen molar-refractivity contribution in [2.75, 3.05) is 37.5 Å². The normalized spacial score (nSPS) is 16.5. The topological polar surface area (TPSA) is 93.8 Å². The third-order valence-corrected chi connectivity index (χ3v) is 6.36. The Hall–Kier alpha value is -2.38. The van der Waals surface area contributed by atoms with Gasteiger partial charge in [0.25, 0.3) is 5.91 Å². The molecule has 1 amide bonds. The zero-order valence-electron chi connectivity index (χ0n) is 18.7. The number of hydrogen-bond acceptors (Lipinski definition) is 6. The molecule has 1 aliphatic carbocycles. The van der Waals surface area contributed by atoms with Gasteiger partial charge in [0, 0.05) is 12.3 Å². The Bertz CT molecular complexity index is 863. The molecule has 2 aromatic carbocycles. The number of nitrogens with two attached hydrogens (primary N) is 1. The number of rotatable bonds is 11. The highest BCUT2D eigenvalue weighted by molar-refractivity contribution is 7.98. The van der Waals surface area contributed by atoms with E-state index in [2.05, 4.69) is 11.4 Å². The van der Waals surface area contributed by atoms with Crippen LogP contribution in [0.5, 0.6) is 11.5 Å². The van der Waals surface area contributed by atoms with Gasteiger partial charge in [0.1, 0.15) is 18.1 Å². The molecule has 174 valence electrons. The summed E-state index contributed by atoms with van der Waals surface area (Å²) in [5.41, 5.74) is 9.39. The van der Waals surface area contributed by atoms with Crippen LogP contribution in [0.2, 0.25) is 0 Å². The molecule has 0 aliphatic heterocycles. The van der Waals surface area contributed by atoms with Gasteiger partial charge in [0.15, 0.2) is 6.61 Å². The van der Waals surface area contributed by atoms with Crippen LogP contribution in [0.4, 0.5) is 5.69 Å². The average molecular weight is 459 g/mol. The van der Waals surface area contributed by atoms with Gasteiger partial charge in [-0.15, -0.1) is 0 Å². The molecule has 0 bridgehead atoms. The number of carbonyl (C=O) groups is 1. The average Bonchev–Trinajstić information content (AvgIpc) is 3.00. The van der Waals surface area contributed by atoms with Crippen LogP contribution in [0.15, 0.2) is 42.5 Å². The molecule has 1 unspecified atom stereocenters. The standard InChI is InChI=1S/C25H34N2O4S/c1-32-13-12-27-24(29)17-31-23-11-10-19-7-5-6-18(15-22(19)25(23)26)14-20(28)16-30-21-8-3-2-4-9-21/h2-4,8-11,18,20,28H,5-7,12-17,26H2,1H3,(H,27,29)/t18?,20-/m0/s1. The third kappa shape index (κ3) is 7.35. The lowest BCUT2D eigenvalue weighted by Gasteiger charge is -2.21.